The standard InChI is InChI=1S/C22H28N4O2S/c23-21(28)20-17-8-4-5-9-18(17)29-22(20)24-19(27)15-26-12-10-25(11-13-26)14-16-6-2-1-3-7-16/h1-3,6-7H,4-5,8-15H2,(H2,23,28)(H,24,27)/p+2. The average Bonchev–Trinajstić information content (AvgIpc) is 3.08. The van der Waals surface area contributed by atoms with Gasteiger partial charge in [0.2, 0.25) is 0 Å². The first-order valence-electron chi connectivity index (χ1n) is 10.6. The largest absolute Gasteiger partial charge is 0.365 e. The van der Waals surface area contributed by atoms with Gasteiger partial charge in [0.1, 0.15) is 37.7 Å². The molecule has 6 nitrogen and oxygen atoms in total. The van der Waals surface area contributed by atoms with Crippen LogP contribution in [0.4, 0.5) is 5.00 Å². The third kappa shape index (κ3) is 4.86. The Kier molecular flexibility index (Phi) is 6.28. The van der Waals surface area contributed by atoms with Gasteiger partial charge in [-0.25, -0.2) is 0 Å². The van der Waals surface area contributed by atoms with Crippen molar-refractivity contribution in [2.45, 2.75) is 32.2 Å². The summed E-state index contributed by atoms with van der Waals surface area (Å²) in [5.41, 5.74) is 8.61. The number of benzene rings is 1. The molecule has 0 bridgehead atoms. The lowest BCUT2D eigenvalue weighted by molar-refractivity contribution is -1.02. The maximum Gasteiger partial charge on any atom is 0.280 e. The Labute approximate surface area is 175 Å². The summed E-state index contributed by atoms with van der Waals surface area (Å²) in [6, 6.07) is 10.6. The molecule has 2 heterocycles. The molecule has 2 aliphatic rings. The minimum Gasteiger partial charge on any atom is -0.365 e. The molecule has 4 rings (SSSR count). The van der Waals surface area contributed by atoms with E-state index < -0.39 is 5.91 Å². The van der Waals surface area contributed by atoms with Crippen LogP contribution in [0.2, 0.25) is 0 Å². The van der Waals surface area contributed by atoms with E-state index in [4.69, 9.17) is 5.73 Å². The predicted octanol–water partition coefficient (Wildman–Crippen LogP) is -0.352. The molecule has 0 unspecified atom stereocenters. The van der Waals surface area contributed by atoms with Crippen molar-refractivity contribution in [1.29, 1.82) is 0 Å². The number of piperazine rings is 1. The maximum absolute atomic E-state index is 12.7. The summed E-state index contributed by atoms with van der Waals surface area (Å²) in [4.78, 5) is 28.7. The Hall–Kier alpha value is -2.22. The molecule has 1 aliphatic carbocycles. The number of hydrogen-bond acceptors (Lipinski definition) is 3. The van der Waals surface area contributed by atoms with Crippen molar-refractivity contribution in [3.63, 3.8) is 0 Å². The zero-order valence-electron chi connectivity index (χ0n) is 16.8. The van der Waals surface area contributed by atoms with Crippen LogP contribution in [0.1, 0.15) is 39.2 Å². The molecule has 7 heteroatoms. The SMILES string of the molecule is NC(=O)c1c(NC(=O)C[NH+]2CC[NH+](Cc3ccccc3)CC2)sc2c1CCCC2. The summed E-state index contributed by atoms with van der Waals surface area (Å²) in [5.74, 6) is -0.447. The summed E-state index contributed by atoms with van der Waals surface area (Å²) >= 11 is 1.54. The highest BCUT2D eigenvalue weighted by molar-refractivity contribution is 7.17. The van der Waals surface area contributed by atoms with Gasteiger partial charge in [-0.2, -0.15) is 0 Å². The van der Waals surface area contributed by atoms with Gasteiger partial charge in [0.25, 0.3) is 11.8 Å². The Morgan fingerprint density at radius 2 is 1.69 bits per heavy atom. The first-order chi connectivity index (χ1) is 14.1. The fourth-order valence-electron chi connectivity index (χ4n) is 4.51. The molecule has 154 valence electrons. The van der Waals surface area contributed by atoms with Gasteiger partial charge in [-0.3, -0.25) is 9.59 Å². The van der Waals surface area contributed by atoms with Crippen molar-refractivity contribution in [2.24, 2.45) is 5.73 Å². The van der Waals surface area contributed by atoms with E-state index in [0.717, 1.165) is 64.0 Å². The molecule has 1 fully saturated rings. The van der Waals surface area contributed by atoms with Crippen molar-refractivity contribution in [3.8, 4) is 0 Å². The summed E-state index contributed by atoms with van der Waals surface area (Å²) in [5, 5.41) is 3.65. The molecule has 0 spiro atoms. The second-order valence-electron chi connectivity index (χ2n) is 8.17. The number of quaternary nitrogens is 2. The first kappa shape index (κ1) is 20.1. The highest BCUT2D eigenvalue weighted by Crippen LogP contribution is 2.37. The quantitative estimate of drug-likeness (QED) is 0.521. The number of hydrogen-bond donors (Lipinski definition) is 4. The normalized spacial score (nSPS) is 21.4. The zero-order valence-corrected chi connectivity index (χ0v) is 17.6. The monoisotopic (exact) mass is 414 g/mol. The van der Waals surface area contributed by atoms with Crippen molar-refractivity contribution < 1.29 is 19.4 Å². The van der Waals surface area contributed by atoms with E-state index in [1.807, 2.05) is 6.07 Å². The van der Waals surface area contributed by atoms with Gasteiger partial charge >= 0.3 is 0 Å². The average molecular weight is 415 g/mol. The van der Waals surface area contributed by atoms with Crippen LogP contribution in [-0.2, 0) is 24.2 Å². The molecule has 0 atom stereocenters. The van der Waals surface area contributed by atoms with Gasteiger partial charge in [-0.1, -0.05) is 30.3 Å². The molecule has 2 amide bonds. The molecule has 0 saturated carbocycles. The van der Waals surface area contributed by atoms with Crippen LogP contribution in [-0.4, -0.2) is 44.5 Å². The predicted molar refractivity (Wildman–Crippen MR) is 115 cm³/mol. The zero-order chi connectivity index (χ0) is 20.2. The summed E-state index contributed by atoms with van der Waals surface area (Å²) < 4.78 is 0. The third-order valence-corrected chi connectivity index (χ3v) is 7.25. The van der Waals surface area contributed by atoms with E-state index in [2.05, 4.69) is 29.6 Å². The summed E-state index contributed by atoms with van der Waals surface area (Å²) in [7, 11) is 0. The number of nitrogens with two attached hydrogens (primary N) is 1. The molecule has 5 N–H and O–H groups in total. The molecule has 1 aromatic carbocycles. The number of carbonyl (C=O) groups excluding carboxylic acids is 2. The molecule has 1 aliphatic heterocycles. The van der Waals surface area contributed by atoms with Crippen LogP contribution in [0.25, 0.3) is 0 Å². The summed E-state index contributed by atoms with van der Waals surface area (Å²) in [6.45, 7) is 5.59. The van der Waals surface area contributed by atoms with Crippen molar-refractivity contribution >= 4 is 28.2 Å². The van der Waals surface area contributed by atoms with Crippen LogP contribution < -0.4 is 20.9 Å². The fourth-order valence-corrected chi connectivity index (χ4v) is 5.82. The fraction of sp³-hybridized carbons (Fsp3) is 0.455. The van der Waals surface area contributed by atoms with Crippen molar-refractivity contribution in [2.75, 3.05) is 38.0 Å². The number of nitrogens with one attached hydrogen (secondary N) is 3. The lowest BCUT2D eigenvalue weighted by atomic mass is 9.95. The molecular weight excluding hydrogens is 384 g/mol. The number of rotatable bonds is 6. The van der Waals surface area contributed by atoms with Crippen LogP contribution in [0.3, 0.4) is 0 Å². The maximum atomic E-state index is 12.7. The number of primary amides is 1. The highest BCUT2D eigenvalue weighted by atomic mass is 32.1. The molecule has 0 radical (unpaired) electrons. The van der Waals surface area contributed by atoms with Crippen molar-refractivity contribution in [3.05, 3.63) is 51.9 Å². The van der Waals surface area contributed by atoms with E-state index >= 15 is 0 Å². The van der Waals surface area contributed by atoms with E-state index in [0.29, 0.717) is 17.1 Å². The van der Waals surface area contributed by atoms with Gasteiger partial charge in [-0.05, 0) is 31.2 Å². The highest BCUT2D eigenvalue weighted by Gasteiger charge is 2.28. The number of carbonyl (C=O) groups is 2. The minimum atomic E-state index is -0.426. The smallest absolute Gasteiger partial charge is 0.280 e. The van der Waals surface area contributed by atoms with Crippen LogP contribution >= 0.6 is 11.3 Å². The minimum absolute atomic E-state index is 0.0207. The van der Waals surface area contributed by atoms with Gasteiger partial charge < -0.3 is 20.9 Å². The van der Waals surface area contributed by atoms with Crippen LogP contribution in [0.15, 0.2) is 30.3 Å². The van der Waals surface area contributed by atoms with Gasteiger partial charge in [-0.15, -0.1) is 11.3 Å². The van der Waals surface area contributed by atoms with Crippen LogP contribution in [0.5, 0.6) is 0 Å². The van der Waals surface area contributed by atoms with Gasteiger partial charge in [0, 0.05) is 10.4 Å². The summed E-state index contributed by atoms with van der Waals surface area (Å²) in [6.07, 6.45) is 4.08. The van der Waals surface area contributed by atoms with E-state index in [9.17, 15) is 9.59 Å². The van der Waals surface area contributed by atoms with E-state index in [1.165, 1.54) is 26.7 Å². The number of thiophene rings is 1. The molecule has 29 heavy (non-hydrogen) atoms. The molecule has 2 aromatic rings. The van der Waals surface area contributed by atoms with Crippen molar-refractivity contribution in [1.82, 2.24) is 0 Å². The Morgan fingerprint density at radius 1 is 1.00 bits per heavy atom. The van der Waals surface area contributed by atoms with E-state index in [1.54, 1.807) is 4.90 Å². The van der Waals surface area contributed by atoms with Gasteiger partial charge in [0.15, 0.2) is 6.54 Å². The number of anilines is 1. The Bertz CT molecular complexity index is 872. The van der Waals surface area contributed by atoms with Gasteiger partial charge in [0.05, 0.1) is 5.56 Å². The number of aryl methyl sites for hydroxylation is 1. The third-order valence-electron chi connectivity index (χ3n) is 6.04. The Morgan fingerprint density at radius 3 is 2.41 bits per heavy atom. The topological polar surface area (TPSA) is 81.1 Å². The molecule has 1 saturated heterocycles. The molecule has 1 aromatic heterocycles. The number of amides is 2. The second kappa shape index (κ2) is 9.07. The molecular formula is C22H30N4O2S+2. The Balaban J connectivity index is 1.31. The lowest BCUT2D eigenvalue weighted by Gasteiger charge is -2.29. The number of fused-ring (bicyclic) bond motifs is 1. The van der Waals surface area contributed by atoms with Crippen LogP contribution in [0, 0.1) is 0 Å². The van der Waals surface area contributed by atoms with E-state index in [-0.39, 0.29) is 5.91 Å². The second-order valence-corrected chi connectivity index (χ2v) is 9.27. The lowest BCUT2D eigenvalue weighted by Crippen LogP contribution is -3.28. The first-order valence-corrected chi connectivity index (χ1v) is 11.4.